The molecule has 6 nitrogen and oxygen atoms in total. The van der Waals surface area contributed by atoms with Gasteiger partial charge in [0.25, 0.3) is 0 Å². The van der Waals surface area contributed by atoms with E-state index < -0.39 is 30.2 Å². The summed E-state index contributed by atoms with van der Waals surface area (Å²) in [5.74, 6) is -1.04. The van der Waals surface area contributed by atoms with Gasteiger partial charge < -0.3 is 19.9 Å². The standard InChI is InChI=1S/C15H15Cl2NO5.BrH/c1-7(18)15(20)23-13(9-4-3-8(16)5-10(9)17)14-11(21-2)6-12(19)22-14;/h3-7,13-14H,18H2,1-2H3;1H/t7-,13?,14?;/m0./s1. The van der Waals surface area contributed by atoms with Crippen molar-refractivity contribution >= 4 is 52.1 Å². The zero-order chi connectivity index (χ0) is 17.1. The second kappa shape index (κ2) is 8.71. The topological polar surface area (TPSA) is 87.9 Å². The highest BCUT2D eigenvalue weighted by Gasteiger charge is 2.39. The molecule has 1 heterocycles. The van der Waals surface area contributed by atoms with Gasteiger partial charge in [0.15, 0.2) is 12.2 Å². The monoisotopic (exact) mass is 439 g/mol. The Morgan fingerprint density at radius 2 is 2.04 bits per heavy atom. The van der Waals surface area contributed by atoms with Crippen LogP contribution in [0.15, 0.2) is 30.0 Å². The van der Waals surface area contributed by atoms with E-state index in [9.17, 15) is 9.59 Å². The van der Waals surface area contributed by atoms with Crippen LogP contribution in [0.5, 0.6) is 0 Å². The number of hydrogen-bond donors (Lipinski definition) is 1. The maximum absolute atomic E-state index is 11.9. The van der Waals surface area contributed by atoms with Crippen molar-refractivity contribution in [2.75, 3.05) is 7.11 Å². The van der Waals surface area contributed by atoms with Gasteiger partial charge in [0.2, 0.25) is 0 Å². The van der Waals surface area contributed by atoms with Crippen molar-refractivity contribution in [2.45, 2.75) is 25.2 Å². The highest BCUT2D eigenvalue weighted by molar-refractivity contribution is 8.93. The molecule has 0 radical (unpaired) electrons. The van der Waals surface area contributed by atoms with E-state index in [0.717, 1.165) is 0 Å². The zero-order valence-corrected chi connectivity index (χ0v) is 16.0. The molecule has 9 heteroatoms. The van der Waals surface area contributed by atoms with Gasteiger partial charge in [0, 0.05) is 15.6 Å². The molecule has 2 rings (SSSR count). The summed E-state index contributed by atoms with van der Waals surface area (Å²) in [6, 6.07) is 3.82. The third kappa shape index (κ3) is 4.63. The molecule has 0 saturated carbocycles. The third-order valence-corrected chi connectivity index (χ3v) is 3.74. The Kier molecular flexibility index (Phi) is 7.54. The molecule has 132 valence electrons. The van der Waals surface area contributed by atoms with E-state index in [4.69, 9.17) is 43.1 Å². The van der Waals surface area contributed by atoms with Gasteiger partial charge in [-0.05, 0) is 19.1 Å². The highest BCUT2D eigenvalue weighted by Crippen LogP contribution is 2.36. The van der Waals surface area contributed by atoms with Crippen molar-refractivity contribution < 1.29 is 23.8 Å². The van der Waals surface area contributed by atoms with E-state index in [0.29, 0.717) is 10.6 Å². The van der Waals surface area contributed by atoms with Crippen LogP contribution in [0.3, 0.4) is 0 Å². The summed E-state index contributed by atoms with van der Waals surface area (Å²) in [4.78, 5) is 23.4. The summed E-state index contributed by atoms with van der Waals surface area (Å²) < 4.78 is 15.7. The van der Waals surface area contributed by atoms with E-state index in [2.05, 4.69) is 0 Å². The molecule has 0 fully saturated rings. The molecule has 3 atom stereocenters. The minimum Gasteiger partial charge on any atom is -0.497 e. The average Bonchev–Trinajstić information content (AvgIpc) is 2.86. The first-order valence-corrected chi connectivity index (χ1v) is 7.46. The first kappa shape index (κ1) is 20.8. The summed E-state index contributed by atoms with van der Waals surface area (Å²) in [5, 5.41) is 0.681. The molecule has 2 unspecified atom stereocenters. The second-order valence-electron chi connectivity index (χ2n) is 4.92. The van der Waals surface area contributed by atoms with E-state index in [1.807, 2.05) is 0 Å². The molecule has 0 bridgehead atoms. The third-order valence-electron chi connectivity index (χ3n) is 3.18. The number of halogens is 3. The lowest BCUT2D eigenvalue weighted by Crippen LogP contribution is -2.34. The summed E-state index contributed by atoms with van der Waals surface area (Å²) >= 11 is 12.1. The minimum absolute atomic E-state index is 0. The Balaban J connectivity index is 0.00000288. The van der Waals surface area contributed by atoms with Crippen molar-refractivity contribution in [1.29, 1.82) is 0 Å². The number of carbonyl (C=O) groups excluding carboxylic acids is 2. The maximum atomic E-state index is 11.9. The van der Waals surface area contributed by atoms with Crippen LogP contribution in [0, 0.1) is 0 Å². The van der Waals surface area contributed by atoms with Gasteiger partial charge in [-0.2, -0.15) is 0 Å². The first-order valence-electron chi connectivity index (χ1n) is 6.70. The molecule has 1 aromatic rings. The second-order valence-corrected chi connectivity index (χ2v) is 5.76. The number of ether oxygens (including phenoxy) is 3. The Labute approximate surface area is 159 Å². The number of methoxy groups -OCH3 is 1. The molecular formula is C15H16BrCl2NO5. The zero-order valence-electron chi connectivity index (χ0n) is 12.8. The molecule has 0 aliphatic carbocycles. The van der Waals surface area contributed by atoms with Gasteiger partial charge in [-0.25, -0.2) is 4.79 Å². The van der Waals surface area contributed by atoms with E-state index in [1.54, 1.807) is 12.1 Å². The molecule has 0 spiro atoms. The summed E-state index contributed by atoms with van der Waals surface area (Å²) in [6.45, 7) is 1.48. The van der Waals surface area contributed by atoms with Crippen LogP contribution in [-0.4, -0.2) is 31.2 Å². The van der Waals surface area contributed by atoms with Crippen molar-refractivity contribution in [3.05, 3.63) is 45.6 Å². The fourth-order valence-corrected chi connectivity index (χ4v) is 2.57. The minimum atomic E-state index is -1.00. The smallest absolute Gasteiger partial charge is 0.335 e. The van der Waals surface area contributed by atoms with Crippen molar-refractivity contribution in [2.24, 2.45) is 5.73 Å². The average molecular weight is 441 g/mol. The number of carbonyl (C=O) groups is 2. The molecule has 0 aromatic heterocycles. The largest absolute Gasteiger partial charge is 0.497 e. The van der Waals surface area contributed by atoms with E-state index in [1.165, 1.54) is 26.2 Å². The maximum Gasteiger partial charge on any atom is 0.335 e. The number of benzene rings is 1. The molecule has 24 heavy (non-hydrogen) atoms. The lowest BCUT2D eigenvalue weighted by Gasteiger charge is -2.26. The van der Waals surface area contributed by atoms with E-state index in [-0.39, 0.29) is 27.8 Å². The number of rotatable bonds is 5. The molecule has 1 aromatic carbocycles. The molecule has 0 saturated heterocycles. The van der Waals surface area contributed by atoms with Gasteiger partial charge >= 0.3 is 11.9 Å². The SMILES string of the molecule is Br.COC1=CC(=O)OC1C(OC(=O)[C@H](C)N)c1ccc(Cl)cc1Cl. The highest BCUT2D eigenvalue weighted by atomic mass is 79.9. The van der Waals surface area contributed by atoms with Gasteiger partial charge in [-0.3, -0.25) is 4.79 Å². The molecule has 1 aliphatic heterocycles. The summed E-state index contributed by atoms with van der Waals surface area (Å²) in [5.41, 5.74) is 5.96. The van der Waals surface area contributed by atoms with Crippen LogP contribution in [0.2, 0.25) is 10.0 Å². The van der Waals surface area contributed by atoms with Crippen molar-refractivity contribution in [1.82, 2.24) is 0 Å². The van der Waals surface area contributed by atoms with Crippen LogP contribution in [0.25, 0.3) is 0 Å². The Hall–Kier alpha value is -1.28. The number of nitrogens with two attached hydrogens (primary N) is 1. The summed E-state index contributed by atoms with van der Waals surface area (Å²) in [6.07, 6.45) is -0.772. The lowest BCUT2D eigenvalue weighted by atomic mass is 10.0. The number of hydrogen-bond acceptors (Lipinski definition) is 6. The quantitative estimate of drug-likeness (QED) is 0.708. The van der Waals surface area contributed by atoms with Gasteiger partial charge in [-0.15, -0.1) is 17.0 Å². The van der Waals surface area contributed by atoms with Crippen LogP contribution in [0.1, 0.15) is 18.6 Å². The summed E-state index contributed by atoms with van der Waals surface area (Å²) in [7, 11) is 1.38. The van der Waals surface area contributed by atoms with Crippen LogP contribution < -0.4 is 5.73 Å². The predicted molar refractivity (Wildman–Crippen MR) is 94.2 cm³/mol. The number of cyclic esters (lactones) is 1. The van der Waals surface area contributed by atoms with E-state index >= 15 is 0 Å². The number of esters is 2. The van der Waals surface area contributed by atoms with Crippen molar-refractivity contribution in [3.8, 4) is 0 Å². The van der Waals surface area contributed by atoms with Crippen molar-refractivity contribution in [3.63, 3.8) is 0 Å². The Bertz CT molecular complexity index is 665. The Morgan fingerprint density at radius 1 is 1.38 bits per heavy atom. The lowest BCUT2D eigenvalue weighted by molar-refractivity contribution is -0.163. The molecular weight excluding hydrogens is 425 g/mol. The van der Waals surface area contributed by atoms with Crippen LogP contribution in [0.4, 0.5) is 0 Å². The molecule has 0 amide bonds. The molecule has 2 N–H and O–H groups in total. The normalized spacial score (nSPS) is 18.8. The molecule has 1 aliphatic rings. The van der Waals surface area contributed by atoms with Crippen LogP contribution >= 0.6 is 40.2 Å². The van der Waals surface area contributed by atoms with Crippen LogP contribution in [-0.2, 0) is 23.8 Å². The Morgan fingerprint density at radius 3 is 2.58 bits per heavy atom. The first-order chi connectivity index (χ1) is 10.8. The fraction of sp³-hybridized carbons (Fsp3) is 0.333. The van der Waals surface area contributed by atoms with Gasteiger partial charge in [-0.1, -0.05) is 29.3 Å². The predicted octanol–water partition coefficient (Wildman–Crippen LogP) is 2.96. The van der Waals surface area contributed by atoms with Gasteiger partial charge in [0.1, 0.15) is 11.8 Å². The van der Waals surface area contributed by atoms with Gasteiger partial charge in [0.05, 0.1) is 13.2 Å². The fourth-order valence-electron chi connectivity index (χ4n) is 2.05.